The van der Waals surface area contributed by atoms with Crippen LogP contribution in [0.5, 0.6) is 11.6 Å². The van der Waals surface area contributed by atoms with Gasteiger partial charge in [-0.05, 0) is 37.1 Å². The molecular formula is C22H27N5O2. The number of fused-ring (bicyclic) bond motifs is 1. The van der Waals surface area contributed by atoms with Crippen LogP contribution in [-0.2, 0) is 0 Å². The van der Waals surface area contributed by atoms with E-state index >= 15 is 0 Å². The fourth-order valence-corrected chi connectivity index (χ4v) is 4.33. The predicted molar refractivity (Wildman–Crippen MR) is 113 cm³/mol. The highest BCUT2D eigenvalue weighted by atomic mass is 16.5. The average Bonchev–Trinajstić information content (AvgIpc) is 3.46. The smallest absolute Gasteiger partial charge is 0.233 e. The highest BCUT2D eigenvalue weighted by Crippen LogP contribution is 2.29. The van der Waals surface area contributed by atoms with Gasteiger partial charge in [-0.1, -0.05) is 0 Å². The number of nitrogens with zero attached hydrogens (tertiary/aromatic N) is 5. The molecule has 0 bridgehead atoms. The second kappa shape index (κ2) is 7.81. The van der Waals surface area contributed by atoms with E-state index in [0.717, 1.165) is 43.0 Å². The van der Waals surface area contributed by atoms with Crippen molar-refractivity contribution in [2.75, 3.05) is 43.1 Å². The van der Waals surface area contributed by atoms with E-state index in [1.807, 2.05) is 12.3 Å². The molecule has 2 saturated heterocycles. The van der Waals surface area contributed by atoms with Crippen molar-refractivity contribution in [2.45, 2.75) is 31.8 Å². The first-order valence-electron chi connectivity index (χ1n) is 10.5. The van der Waals surface area contributed by atoms with Crippen LogP contribution in [0.15, 0.2) is 42.7 Å². The Hall–Kier alpha value is -2.96. The topological polar surface area (TPSA) is 55.1 Å². The van der Waals surface area contributed by atoms with Crippen molar-refractivity contribution < 1.29 is 9.47 Å². The molecule has 0 unspecified atom stereocenters. The molecule has 2 aromatic heterocycles. The molecule has 7 heteroatoms. The Kier molecular flexibility index (Phi) is 4.87. The van der Waals surface area contributed by atoms with Gasteiger partial charge in [-0.15, -0.1) is 5.10 Å². The number of ether oxygens (including phenoxy) is 2. The number of hydrogen-bond donors (Lipinski definition) is 0. The van der Waals surface area contributed by atoms with Crippen molar-refractivity contribution >= 4 is 17.0 Å². The summed E-state index contributed by atoms with van der Waals surface area (Å²) >= 11 is 0. The van der Waals surface area contributed by atoms with Crippen LogP contribution in [0.1, 0.15) is 25.7 Å². The molecule has 0 aliphatic carbocycles. The van der Waals surface area contributed by atoms with Crippen LogP contribution >= 0.6 is 0 Å². The third kappa shape index (κ3) is 3.69. The maximum Gasteiger partial charge on any atom is 0.233 e. The Morgan fingerprint density at radius 1 is 0.966 bits per heavy atom. The summed E-state index contributed by atoms with van der Waals surface area (Å²) in [5.41, 5.74) is 3.23. The van der Waals surface area contributed by atoms with E-state index in [0.29, 0.717) is 5.88 Å². The van der Waals surface area contributed by atoms with Crippen molar-refractivity contribution in [3.63, 3.8) is 0 Å². The van der Waals surface area contributed by atoms with Gasteiger partial charge < -0.3 is 19.3 Å². The van der Waals surface area contributed by atoms with Gasteiger partial charge in [0.2, 0.25) is 5.88 Å². The van der Waals surface area contributed by atoms with E-state index < -0.39 is 0 Å². The van der Waals surface area contributed by atoms with Crippen LogP contribution in [0.25, 0.3) is 5.65 Å². The van der Waals surface area contributed by atoms with Crippen molar-refractivity contribution in [1.82, 2.24) is 14.6 Å². The maximum absolute atomic E-state index is 6.27. The molecule has 0 N–H and O–H groups in total. The zero-order valence-electron chi connectivity index (χ0n) is 16.8. The minimum atomic E-state index is 0.239. The lowest BCUT2D eigenvalue weighted by Crippen LogP contribution is -2.38. The molecular weight excluding hydrogens is 366 g/mol. The van der Waals surface area contributed by atoms with Crippen LogP contribution in [0, 0.1) is 0 Å². The molecule has 4 heterocycles. The lowest BCUT2D eigenvalue weighted by atomic mass is 10.1. The van der Waals surface area contributed by atoms with Crippen LogP contribution in [0.2, 0.25) is 0 Å². The molecule has 152 valence electrons. The summed E-state index contributed by atoms with van der Waals surface area (Å²) in [6.45, 7) is 4.18. The van der Waals surface area contributed by atoms with Gasteiger partial charge in [-0.3, -0.25) is 0 Å². The number of methoxy groups -OCH3 is 1. The van der Waals surface area contributed by atoms with Crippen LogP contribution in [-0.4, -0.2) is 54.0 Å². The molecule has 1 aromatic carbocycles. The third-order valence-electron chi connectivity index (χ3n) is 5.92. The van der Waals surface area contributed by atoms with Gasteiger partial charge in [-0.25, -0.2) is 9.50 Å². The summed E-state index contributed by atoms with van der Waals surface area (Å²) in [5.74, 6) is 1.56. The predicted octanol–water partition coefficient (Wildman–Crippen LogP) is 3.39. The first-order chi connectivity index (χ1) is 14.3. The number of piperidine rings is 1. The average molecular weight is 393 g/mol. The molecule has 0 radical (unpaired) electrons. The number of rotatable bonds is 5. The quantitative estimate of drug-likeness (QED) is 0.662. The summed E-state index contributed by atoms with van der Waals surface area (Å²) in [6, 6.07) is 10.6. The number of imidazole rings is 1. The van der Waals surface area contributed by atoms with Gasteiger partial charge in [-0.2, -0.15) is 0 Å². The van der Waals surface area contributed by atoms with Gasteiger partial charge in [0.15, 0.2) is 5.65 Å². The van der Waals surface area contributed by atoms with Crippen molar-refractivity contribution in [1.29, 1.82) is 0 Å². The zero-order valence-corrected chi connectivity index (χ0v) is 16.8. The summed E-state index contributed by atoms with van der Waals surface area (Å²) in [4.78, 5) is 9.26. The van der Waals surface area contributed by atoms with E-state index in [1.54, 1.807) is 17.8 Å². The first kappa shape index (κ1) is 18.1. The van der Waals surface area contributed by atoms with E-state index in [1.165, 1.54) is 31.6 Å². The van der Waals surface area contributed by atoms with Crippen LogP contribution in [0.3, 0.4) is 0 Å². The summed E-state index contributed by atoms with van der Waals surface area (Å²) in [5, 5.41) is 4.39. The molecule has 29 heavy (non-hydrogen) atoms. The molecule has 7 nitrogen and oxygen atoms in total. The number of hydrogen-bond acceptors (Lipinski definition) is 6. The fourth-order valence-electron chi connectivity index (χ4n) is 4.33. The molecule has 0 atom stereocenters. The standard InChI is InChI=1S/C22H27N5O2/c1-28-21-16-20(22-23-10-15-27(22)24-21)26-13-8-19(9-14-26)29-18-6-4-17(5-7-18)25-11-2-3-12-25/h4-7,10,15-16,19H,2-3,8-9,11-14H2,1H3. The molecule has 0 saturated carbocycles. The number of aromatic nitrogens is 3. The van der Waals surface area contributed by atoms with Crippen molar-refractivity contribution in [3.05, 3.63) is 42.7 Å². The summed E-state index contributed by atoms with van der Waals surface area (Å²) in [7, 11) is 1.64. The monoisotopic (exact) mass is 393 g/mol. The van der Waals surface area contributed by atoms with Gasteiger partial charge in [0.25, 0.3) is 0 Å². The Bertz CT molecular complexity index is 957. The lowest BCUT2D eigenvalue weighted by Gasteiger charge is -2.33. The second-order valence-electron chi connectivity index (χ2n) is 7.76. The highest BCUT2D eigenvalue weighted by Gasteiger charge is 2.23. The van der Waals surface area contributed by atoms with Crippen LogP contribution < -0.4 is 19.3 Å². The Balaban J connectivity index is 1.22. The van der Waals surface area contributed by atoms with E-state index in [4.69, 9.17) is 9.47 Å². The molecule has 0 amide bonds. The Labute approximate surface area is 170 Å². The van der Waals surface area contributed by atoms with Gasteiger partial charge in [0, 0.05) is 63.2 Å². The second-order valence-corrected chi connectivity index (χ2v) is 7.76. The Morgan fingerprint density at radius 2 is 1.72 bits per heavy atom. The maximum atomic E-state index is 6.27. The summed E-state index contributed by atoms with van der Waals surface area (Å²) < 4.78 is 13.4. The molecule has 2 aliphatic rings. The molecule has 2 aliphatic heterocycles. The third-order valence-corrected chi connectivity index (χ3v) is 5.92. The van der Waals surface area contributed by atoms with Gasteiger partial charge in [0.05, 0.1) is 12.8 Å². The van der Waals surface area contributed by atoms with E-state index in [-0.39, 0.29) is 6.10 Å². The summed E-state index contributed by atoms with van der Waals surface area (Å²) in [6.07, 6.45) is 8.41. The van der Waals surface area contributed by atoms with Crippen molar-refractivity contribution in [2.24, 2.45) is 0 Å². The number of anilines is 2. The normalized spacial score (nSPS) is 17.8. The zero-order chi connectivity index (χ0) is 19.6. The van der Waals surface area contributed by atoms with Gasteiger partial charge in [0.1, 0.15) is 11.9 Å². The van der Waals surface area contributed by atoms with Crippen LogP contribution in [0.4, 0.5) is 11.4 Å². The SMILES string of the molecule is COc1cc(N2CCC(Oc3ccc(N4CCCC4)cc3)CC2)c2nccn2n1. The minimum absolute atomic E-state index is 0.239. The molecule has 5 rings (SSSR count). The number of benzene rings is 1. The van der Waals surface area contributed by atoms with E-state index in [9.17, 15) is 0 Å². The molecule has 2 fully saturated rings. The largest absolute Gasteiger partial charge is 0.490 e. The van der Waals surface area contributed by atoms with Gasteiger partial charge >= 0.3 is 0 Å². The highest BCUT2D eigenvalue weighted by molar-refractivity contribution is 5.69. The minimum Gasteiger partial charge on any atom is -0.490 e. The molecule has 0 spiro atoms. The first-order valence-corrected chi connectivity index (χ1v) is 10.5. The van der Waals surface area contributed by atoms with E-state index in [2.05, 4.69) is 44.1 Å². The molecule has 3 aromatic rings. The lowest BCUT2D eigenvalue weighted by molar-refractivity contribution is 0.171. The fraction of sp³-hybridized carbons (Fsp3) is 0.455. The van der Waals surface area contributed by atoms with Crippen molar-refractivity contribution in [3.8, 4) is 11.6 Å². The Morgan fingerprint density at radius 3 is 2.45 bits per heavy atom.